The number of hydrogen-bond acceptors (Lipinski definition) is 4. The maximum Gasteiger partial charge on any atom is 0.244 e. The Labute approximate surface area is 120 Å². The number of hydrogen-bond donors (Lipinski definition) is 1. The first kappa shape index (κ1) is 16.7. The van der Waals surface area contributed by atoms with Gasteiger partial charge in [0.2, 0.25) is 10.0 Å². The summed E-state index contributed by atoms with van der Waals surface area (Å²) in [4.78, 5) is 11.2. The minimum absolute atomic E-state index is 0.0162. The topological polar surface area (TPSA) is 72.5 Å². The molecule has 0 saturated heterocycles. The van der Waals surface area contributed by atoms with E-state index in [9.17, 15) is 13.2 Å². The van der Waals surface area contributed by atoms with Gasteiger partial charge in [0, 0.05) is 13.0 Å². The molecule has 5 nitrogen and oxygen atoms in total. The Morgan fingerprint density at radius 1 is 1.35 bits per heavy atom. The zero-order valence-corrected chi connectivity index (χ0v) is 12.9. The van der Waals surface area contributed by atoms with Gasteiger partial charge in [0.05, 0.1) is 7.11 Å². The molecule has 6 heteroatoms. The molecule has 0 amide bonds. The summed E-state index contributed by atoms with van der Waals surface area (Å²) >= 11 is 0. The van der Waals surface area contributed by atoms with Crippen molar-refractivity contribution >= 4 is 15.8 Å². The Bertz CT molecular complexity index is 567. The zero-order valence-electron chi connectivity index (χ0n) is 12.1. The van der Waals surface area contributed by atoms with Crippen LogP contribution in [0.2, 0.25) is 0 Å². The molecule has 112 valence electrons. The van der Waals surface area contributed by atoms with E-state index >= 15 is 0 Å². The Kier molecular flexibility index (Phi) is 6.16. The highest BCUT2D eigenvalue weighted by atomic mass is 32.2. The molecule has 20 heavy (non-hydrogen) atoms. The van der Waals surface area contributed by atoms with E-state index in [1.165, 1.54) is 20.1 Å². The highest BCUT2D eigenvalue weighted by molar-refractivity contribution is 7.89. The SMILES string of the molecule is CCCCNS(=O)(=O)c1cc(CC(C)=O)ccc1OC. The number of rotatable bonds is 8. The molecule has 1 rings (SSSR count). The van der Waals surface area contributed by atoms with Crippen molar-refractivity contribution in [1.29, 1.82) is 0 Å². The molecular formula is C14H21NO4S. The quantitative estimate of drug-likeness (QED) is 0.744. The van der Waals surface area contributed by atoms with Gasteiger partial charge in [-0.1, -0.05) is 19.4 Å². The number of Topliss-reactive ketones (excluding diaryl/α,β-unsaturated/α-hetero) is 1. The van der Waals surface area contributed by atoms with Gasteiger partial charge in [-0.3, -0.25) is 4.79 Å². The minimum Gasteiger partial charge on any atom is -0.495 e. The summed E-state index contributed by atoms with van der Waals surface area (Å²) in [5.41, 5.74) is 0.661. The number of ether oxygens (including phenoxy) is 1. The monoisotopic (exact) mass is 299 g/mol. The van der Waals surface area contributed by atoms with Crippen LogP contribution in [0.3, 0.4) is 0 Å². The van der Waals surface area contributed by atoms with Crippen molar-refractivity contribution < 1.29 is 17.9 Å². The predicted octanol–water partition coefficient (Wildman–Crippen LogP) is 1.91. The van der Waals surface area contributed by atoms with Crippen LogP contribution in [0.5, 0.6) is 5.75 Å². The van der Waals surface area contributed by atoms with E-state index in [1.54, 1.807) is 12.1 Å². The molecule has 1 aromatic carbocycles. The lowest BCUT2D eigenvalue weighted by atomic mass is 10.1. The summed E-state index contributed by atoms with van der Waals surface area (Å²) in [5.74, 6) is 0.263. The van der Waals surface area contributed by atoms with E-state index in [0.29, 0.717) is 12.1 Å². The van der Waals surface area contributed by atoms with E-state index in [4.69, 9.17) is 4.74 Å². The fourth-order valence-electron chi connectivity index (χ4n) is 1.79. The van der Waals surface area contributed by atoms with Gasteiger partial charge < -0.3 is 4.74 Å². The fourth-order valence-corrected chi connectivity index (χ4v) is 3.08. The van der Waals surface area contributed by atoms with Gasteiger partial charge in [-0.25, -0.2) is 13.1 Å². The molecular weight excluding hydrogens is 278 g/mol. The third kappa shape index (κ3) is 4.61. The van der Waals surface area contributed by atoms with Crippen LogP contribution in [0, 0.1) is 0 Å². The summed E-state index contributed by atoms with van der Waals surface area (Å²) in [6.07, 6.45) is 1.89. The molecule has 0 atom stereocenters. The van der Waals surface area contributed by atoms with E-state index in [0.717, 1.165) is 12.8 Å². The first-order chi connectivity index (χ1) is 9.40. The maximum absolute atomic E-state index is 12.2. The number of ketones is 1. The molecule has 0 aliphatic rings. The van der Waals surface area contributed by atoms with Gasteiger partial charge in [-0.05, 0) is 31.0 Å². The molecule has 0 aromatic heterocycles. The lowest BCUT2D eigenvalue weighted by Crippen LogP contribution is -2.25. The standard InChI is InChI=1S/C14H21NO4S/c1-4-5-8-15-20(17,18)14-10-12(9-11(2)16)6-7-13(14)19-3/h6-7,10,15H,4-5,8-9H2,1-3H3. The molecule has 0 saturated carbocycles. The van der Waals surface area contributed by atoms with Crippen molar-refractivity contribution in [3.63, 3.8) is 0 Å². The van der Waals surface area contributed by atoms with Crippen LogP contribution in [-0.4, -0.2) is 27.9 Å². The number of carbonyl (C=O) groups is 1. The van der Waals surface area contributed by atoms with Crippen molar-refractivity contribution in [3.05, 3.63) is 23.8 Å². The third-order valence-corrected chi connectivity index (χ3v) is 4.28. The zero-order chi connectivity index (χ0) is 15.2. The summed E-state index contributed by atoms with van der Waals surface area (Å²) in [7, 11) is -2.20. The summed E-state index contributed by atoms with van der Waals surface area (Å²) < 4.78 is 32.1. The van der Waals surface area contributed by atoms with Gasteiger partial charge >= 0.3 is 0 Å². The number of sulfonamides is 1. The Hall–Kier alpha value is -1.40. The molecule has 0 fully saturated rings. The number of carbonyl (C=O) groups excluding carboxylic acids is 1. The van der Waals surface area contributed by atoms with Crippen LogP contribution in [0.4, 0.5) is 0 Å². The highest BCUT2D eigenvalue weighted by Crippen LogP contribution is 2.25. The average Bonchev–Trinajstić information content (AvgIpc) is 2.38. The van der Waals surface area contributed by atoms with Crippen molar-refractivity contribution in [1.82, 2.24) is 4.72 Å². The first-order valence-electron chi connectivity index (χ1n) is 6.56. The van der Waals surface area contributed by atoms with Gasteiger partial charge in [-0.15, -0.1) is 0 Å². The van der Waals surface area contributed by atoms with Crippen molar-refractivity contribution in [2.75, 3.05) is 13.7 Å². The molecule has 0 aliphatic carbocycles. The Morgan fingerprint density at radius 2 is 2.05 bits per heavy atom. The second-order valence-electron chi connectivity index (χ2n) is 4.62. The van der Waals surface area contributed by atoms with Crippen LogP contribution in [0.25, 0.3) is 0 Å². The third-order valence-electron chi connectivity index (χ3n) is 2.79. The number of unbranched alkanes of at least 4 members (excludes halogenated alkanes) is 1. The molecule has 0 bridgehead atoms. The first-order valence-corrected chi connectivity index (χ1v) is 8.05. The van der Waals surface area contributed by atoms with Crippen molar-refractivity contribution in [2.45, 2.75) is 38.0 Å². The minimum atomic E-state index is -3.62. The lowest BCUT2D eigenvalue weighted by Gasteiger charge is -2.12. The smallest absolute Gasteiger partial charge is 0.244 e. The molecule has 1 aromatic rings. The number of benzene rings is 1. The van der Waals surface area contributed by atoms with Crippen LogP contribution >= 0.6 is 0 Å². The van der Waals surface area contributed by atoms with Crippen LogP contribution in [-0.2, 0) is 21.2 Å². The van der Waals surface area contributed by atoms with Crippen molar-refractivity contribution in [3.8, 4) is 5.75 Å². The summed E-state index contributed by atoms with van der Waals surface area (Å²) in [6, 6.07) is 4.77. The average molecular weight is 299 g/mol. The molecule has 0 spiro atoms. The second kappa shape index (κ2) is 7.40. The Balaban J connectivity index is 3.09. The molecule has 0 heterocycles. The van der Waals surface area contributed by atoms with Crippen molar-refractivity contribution in [2.24, 2.45) is 0 Å². The molecule has 1 N–H and O–H groups in total. The fraction of sp³-hybridized carbons (Fsp3) is 0.500. The number of nitrogens with one attached hydrogen (secondary N) is 1. The van der Waals surface area contributed by atoms with Gasteiger partial charge in [-0.2, -0.15) is 0 Å². The Morgan fingerprint density at radius 3 is 2.60 bits per heavy atom. The van der Waals surface area contributed by atoms with E-state index in [1.807, 2.05) is 6.92 Å². The van der Waals surface area contributed by atoms with Crippen LogP contribution in [0.15, 0.2) is 23.1 Å². The molecule has 0 aliphatic heterocycles. The molecule has 0 radical (unpaired) electrons. The van der Waals surface area contributed by atoms with E-state index in [-0.39, 0.29) is 22.8 Å². The van der Waals surface area contributed by atoms with Crippen LogP contribution in [0.1, 0.15) is 32.3 Å². The maximum atomic E-state index is 12.2. The molecule has 0 unspecified atom stereocenters. The lowest BCUT2D eigenvalue weighted by molar-refractivity contribution is -0.116. The summed E-state index contributed by atoms with van der Waals surface area (Å²) in [6.45, 7) is 3.85. The highest BCUT2D eigenvalue weighted by Gasteiger charge is 2.19. The van der Waals surface area contributed by atoms with Gasteiger partial charge in [0.25, 0.3) is 0 Å². The largest absolute Gasteiger partial charge is 0.495 e. The number of methoxy groups -OCH3 is 1. The van der Waals surface area contributed by atoms with Gasteiger partial charge in [0.15, 0.2) is 0 Å². The van der Waals surface area contributed by atoms with E-state index < -0.39 is 10.0 Å². The van der Waals surface area contributed by atoms with Crippen LogP contribution < -0.4 is 9.46 Å². The predicted molar refractivity (Wildman–Crippen MR) is 77.5 cm³/mol. The normalized spacial score (nSPS) is 11.3. The van der Waals surface area contributed by atoms with Gasteiger partial charge in [0.1, 0.15) is 16.4 Å². The van der Waals surface area contributed by atoms with E-state index in [2.05, 4.69) is 4.72 Å². The second-order valence-corrected chi connectivity index (χ2v) is 6.35. The summed E-state index contributed by atoms with van der Waals surface area (Å²) in [5, 5.41) is 0.